The minimum Gasteiger partial charge on any atom is -0.497 e. The molecule has 0 unspecified atom stereocenters. The van der Waals surface area contributed by atoms with E-state index in [0.717, 1.165) is 36.3 Å². The van der Waals surface area contributed by atoms with E-state index in [0.29, 0.717) is 16.6 Å². The molecule has 1 aromatic heterocycles. The fraction of sp³-hybridized carbons (Fsp3) is 0.300. The van der Waals surface area contributed by atoms with Crippen molar-refractivity contribution in [3.63, 3.8) is 0 Å². The van der Waals surface area contributed by atoms with Gasteiger partial charge >= 0.3 is 0 Å². The Balaban J connectivity index is 1.77. The summed E-state index contributed by atoms with van der Waals surface area (Å²) in [6, 6.07) is 9.39. The molecular weight excluding hydrogens is 360 g/mol. The molecular formula is C20H18N4O2S. The molecule has 136 valence electrons. The van der Waals surface area contributed by atoms with E-state index in [2.05, 4.69) is 9.83 Å². The number of benzene rings is 1. The molecule has 0 N–H and O–H groups in total. The lowest BCUT2D eigenvalue weighted by Gasteiger charge is -2.43. The Labute approximate surface area is 163 Å². The van der Waals surface area contributed by atoms with Crippen LogP contribution in [0.25, 0.3) is 4.85 Å². The molecule has 27 heavy (non-hydrogen) atoms. The molecule has 2 heterocycles. The number of hydrogen-bond acceptors (Lipinski definition) is 4. The van der Waals surface area contributed by atoms with E-state index >= 15 is 0 Å². The van der Waals surface area contributed by atoms with E-state index in [9.17, 15) is 4.79 Å². The molecule has 1 saturated heterocycles. The Kier molecular flexibility index (Phi) is 4.08. The van der Waals surface area contributed by atoms with E-state index in [1.807, 2.05) is 36.1 Å². The van der Waals surface area contributed by atoms with Gasteiger partial charge in [0, 0.05) is 5.69 Å². The van der Waals surface area contributed by atoms with Crippen LogP contribution < -0.4 is 14.5 Å². The number of carbonyl (C=O) groups excluding carboxylic acids is 1. The van der Waals surface area contributed by atoms with Gasteiger partial charge in [-0.1, -0.05) is 6.57 Å². The van der Waals surface area contributed by atoms with Crippen LogP contribution in [0.2, 0.25) is 0 Å². The van der Waals surface area contributed by atoms with Crippen LogP contribution in [0.3, 0.4) is 0 Å². The Bertz CT molecular complexity index is 976. The Hall–Kier alpha value is -2.98. The standard InChI is InChI=1S/C20H18N4O2S/c1-13-11-15(12-22-17(13)21-2)23-18(25)20(9-4-10-20)24(19(23)27)14-5-7-16(26-3)8-6-14/h5-8,11-12H,4,9-10H2,1,3H3. The highest BCUT2D eigenvalue weighted by atomic mass is 32.1. The van der Waals surface area contributed by atoms with Gasteiger partial charge < -0.3 is 14.5 Å². The summed E-state index contributed by atoms with van der Waals surface area (Å²) >= 11 is 5.73. The summed E-state index contributed by atoms with van der Waals surface area (Å²) in [7, 11) is 1.62. The largest absolute Gasteiger partial charge is 0.497 e. The maximum Gasteiger partial charge on any atom is 0.272 e. The summed E-state index contributed by atoms with van der Waals surface area (Å²) in [4.78, 5) is 24.5. The maximum atomic E-state index is 13.4. The van der Waals surface area contributed by atoms with Crippen LogP contribution in [0.1, 0.15) is 24.8 Å². The Morgan fingerprint density at radius 2 is 1.96 bits per heavy atom. The first-order valence-corrected chi connectivity index (χ1v) is 9.09. The maximum absolute atomic E-state index is 13.4. The molecule has 0 bridgehead atoms. The van der Waals surface area contributed by atoms with Crippen molar-refractivity contribution < 1.29 is 9.53 Å². The van der Waals surface area contributed by atoms with Gasteiger partial charge in [-0.3, -0.25) is 9.69 Å². The van der Waals surface area contributed by atoms with Crippen molar-refractivity contribution in [2.24, 2.45) is 0 Å². The molecule has 4 rings (SSSR count). The van der Waals surface area contributed by atoms with Crippen molar-refractivity contribution in [3.05, 3.63) is 53.5 Å². The second-order valence-electron chi connectivity index (χ2n) is 6.79. The molecule has 1 aromatic carbocycles. The van der Waals surface area contributed by atoms with Gasteiger partial charge in [0.05, 0.1) is 12.8 Å². The Morgan fingerprint density at radius 1 is 1.26 bits per heavy atom. The summed E-state index contributed by atoms with van der Waals surface area (Å²) in [6.45, 7) is 8.97. The highest BCUT2D eigenvalue weighted by molar-refractivity contribution is 7.81. The number of ether oxygens (including phenoxy) is 1. The SMILES string of the molecule is [C-]#[N+]c1ncc(N2C(=O)C3(CCC3)N(c3ccc(OC)cc3)C2=S)cc1C. The molecule has 7 heteroatoms. The van der Waals surface area contributed by atoms with Gasteiger partial charge in [-0.25, -0.2) is 0 Å². The van der Waals surface area contributed by atoms with Gasteiger partial charge in [-0.05, 0) is 74.3 Å². The van der Waals surface area contributed by atoms with Gasteiger partial charge in [-0.15, -0.1) is 4.98 Å². The Morgan fingerprint density at radius 3 is 2.48 bits per heavy atom. The van der Waals surface area contributed by atoms with Crippen LogP contribution in [0.4, 0.5) is 17.2 Å². The molecule has 1 spiro atoms. The summed E-state index contributed by atoms with van der Waals surface area (Å²) in [6.07, 6.45) is 4.07. The summed E-state index contributed by atoms with van der Waals surface area (Å²) in [5, 5.41) is 0.446. The van der Waals surface area contributed by atoms with Gasteiger partial charge in [-0.2, -0.15) is 0 Å². The third kappa shape index (κ3) is 2.48. The second kappa shape index (κ2) is 6.32. The van der Waals surface area contributed by atoms with E-state index in [1.165, 1.54) is 0 Å². The number of rotatable bonds is 3. The smallest absolute Gasteiger partial charge is 0.272 e. The number of pyridine rings is 1. The summed E-state index contributed by atoms with van der Waals surface area (Å²) in [5.74, 6) is 1.07. The molecule has 0 atom stereocenters. The van der Waals surface area contributed by atoms with Crippen molar-refractivity contribution >= 4 is 40.4 Å². The molecule has 1 aliphatic carbocycles. The monoisotopic (exact) mass is 378 g/mol. The second-order valence-corrected chi connectivity index (χ2v) is 7.15. The summed E-state index contributed by atoms with van der Waals surface area (Å²) < 4.78 is 5.24. The first-order chi connectivity index (χ1) is 13.0. The highest BCUT2D eigenvalue weighted by Crippen LogP contribution is 2.48. The molecule has 2 fully saturated rings. The van der Waals surface area contributed by atoms with Crippen LogP contribution in [-0.4, -0.2) is 28.7 Å². The average Bonchev–Trinajstić information content (AvgIpc) is 2.88. The fourth-order valence-electron chi connectivity index (χ4n) is 3.73. The van der Waals surface area contributed by atoms with Gasteiger partial charge in [0.1, 0.15) is 17.5 Å². The average molecular weight is 378 g/mol. The third-order valence-electron chi connectivity index (χ3n) is 5.32. The topological polar surface area (TPSA) is 50.0 Å². The molecule has 2 aromatic rings. The van der Waals surface area contributed by atoms with Crippen LogP contribution >= 0.6 is 12.2 Å². The van der Waals surface area contributed by atoms with Crippen molar-refractivity contribution in [1.82, 2.24) is 4.98 Å². The van der Waals surface area contributed by atoms with E-state index in [1.54, 1.807) is 24.3 Å². The molecule has 1 aliphatic heterocycles. The molecule has 1 amide bonds. The van der Waals surface area contributed by atoms with Gasteiger partial charge in [0.2, 0.25) is 0 Å². The number of anilines is 2. The number of amides is 1. The van der Waals surface area contributed by atoms with E-state index < -0.39 is 5.54 Å². The quantitative estimate of drug-likeness (QED) is 0.597. The third-order valence-corrected chi connectivity index (χ3v) is 5.69. The zero-order valence-electron chi connectivity index (χ0n) is 15.1. The van der Waals surface area contributed by atoms with Crippen LogP contribution in [0.15, 0.2) is 36.5 Å². The van der Waals surface area contributed by atoms with Crippen molar-refractivity contribution in [2.75, 3.05) is 16.9 Å². The molecule has 0 radical (unpaired) electrons. The summed E-state index contributed by atoms with van der Waals surface area (Å²) in [5.41, 5.74) is 1.58. The minimum atomic E-state index is -0.627. The van der Waals surface area contributed by atoms with Crippen molar-refractivity contribution in [3.8, 4) is 5.75 Å². The lowest BCUT2D eigenvalue weighted by atomic mass is 9.75. The lowest BCUT2D eigenvalue weighted by molar-refractivity contribution is -0.123. The van der Waals surface area contributed by atoms with Crippen molar-refractivity contribution in [2.45, 2.75) is 31.7 Å². The first kappa shape index (κ1) is 17.4. The molecule has 2 aliphatic rings. The predicted octanol–water partition coefficient (Wildman–Crippen LogP) is 4.01. The number of thiocarbonyl (C=S) groups is 1. The molecule has 1 saturated carbocycles. The van der Waals surface area contributed by atoms with E-state index in [4.69, 9.17) is 23.5 Å². The lowest BCUT2D eigenvalue weighted by Crippen LogP contribution is -2.55. The normalized spacial score (nSPS) is 17.8. The number of carbonyl (C=O) groups is 1. The van der Waals surface area contributed by atoms with Crippen LogP contribution in [0, 0.1) is 13.5 Å². The minimum absolute atomic E-state index is 0.0219. The molecule has 6 nitrogen and oxygen atoms in total. The number of nitrogens with zero attached hydrogens (tertiary/aromatic N) is 4. The number of aromatic nitrogens is 1. The van der Waals surface area contributed by atoms with Crippen LogP contribution in [0.5, 0.6) is 5.75 Å². The number of aryl methyl sites for hydroxylation is 1. The number of methoxy groups -OCH3 is 1. The first-order valence-electron chi connectivity index (χ1n) is 8.69. The van der Waals surface area contributed by atoms with E-state index in [-0.39, 0.29) is 5.91 Å². The zero-order valence-corrected chi connectivity index (χ0v) is 15.9. The fourth-order valence-corrected chi connectivity index (χ4v) is 4.20. The highest BCUT2D eigenvalue weighted by Gasteiger charge is 2.59. The zero-order chi connectivity index (χ0) is 19.2. The van der Waals surface area contributed by atoms with Crippen LogP contribution in [-0.2, 0) is 4.79 Å². The van der Waals surface area contributed by atoms with Gasteiger partial charge in [0.25, 0.3) is 11.7 Å². The number of hydrogen-bond donors (Lipinski definition) is 0. The predicted molar refractivity (Wildman–Crippen MR) is 107 cm³/mol. The van der Waals surface area contributed by atoms with Gasteiger partial charge in [0.15, 0.2) is 5.11 Å². The van der Waals surface area contributed by atoms with Crippen molar-refractivity contribution in [1.29, 1.82) is 0 Å².